The number of allylic oxidation sites excluding steroid dienone is 1. The highest BCUT2D eigenvalue weighted by atomic mass is 16.5. The van der Waals surface area contributed by atoms with Gasteiger partial charge in [0.05, 0.1) is 6.61 Å². The molecule has 25 heavy (non-hydrogen) atoms. The van der Waals surface area contributed by atoms with Gasteiger partial charge in [0.25, 0.3) is 0 Å². The largest absolute Gasteiger partial charge is 0.494 e. The second kappa shape index (κ2) is 7.13. The van der Waals surface area contributed by atoms with Gasteiger partial charge in [-0.2, -0.15) is 0 Å². The summed E-state index contributed by atoms with van der Waals surface area (Å²) in [5.41, 5.74) is 4.52. The van der Waals surface area contributed by atoms with E-state index in [9.17, 15) is 0 Å². The summed E-state index contributed by atoms with van der Waals surface area (Å²) in [5.74, 6) is 1.74. The minimum absolute atomic E-state index is 0.658. The Morgan fingerprint density at radius 1 is 1.24 bits per heavy atom. The van der Waals surface area contributed by atoms with Crippen LogP contribution in [0.1, 0.15) is 39.0 Å². The highest BCUT2D eigenvalue weighted by Crippen LogP contribution is 2.30. The first-order valence-corrected chi connectivity index (χ1v) is 9.16. The first kappa shape index (κ1) is 15.9. The molecule has 1 aromatic carbocycles. The Balaban J connectivity index is 1.58. The number of anilines is 1. The Kier molecular flexibility index (Phi) is 4.55. The van der Waals surface area contributed by atoms with Gasteiger partial charge in [-0.15, -0.1) is 0 Å². The van der Waals surface area contributed by atoms with Crippen LogP contribution in [0.4, 0.5) is 5.82 Å². The van der Waals surface area contributed by atoms with Gasteiger partial charge < -0.3 is 15.0 Å². The molecule has 3 aromatic rings. The highest BCUT2D eigenvalue weighted by molar-refractivity contribution is 6.08. The average Bonchev–Trinajstić information content (AvgIpc) is 3.02. The lowest BCUT2D eigenvalue weighted by Crippen LogP contribution is -2.06. The third-order valence-electron chi connectivity index (χ3n) is 4.79. The van der Waals surface area contributed by atoms with Crippen LogP contribution in [0.3, 0.4) is 0 Å². The monoisotopic (exact) mass is 336 g/mol. The lowest BCUT2D eigenvalue weighted by Gasteiger charge is -2.13. The molecule has 0 bridgehead atoms. The third kappa shape index (κ3) is 3.31. The molecule has 1 aliphatic carbocycles. The van der Waals surface area contributed by atoms with Crippen LogP contribution in [0.15, 0.2) is 36.2 Å². The maximum absolute atomic E-state index is 5.62. The second-order valence-electron chi connectivity index (χ2n) is 6.50. The molecule has 0 spiro atoms. The number of nitrogens with zero attached hydrogens (tertiary/aromatic N) is 2. The summed E-state index contributed by atoms with van der Waals surface area (Å²) in [5, 5.41) is 4.55. The van der Waals surface area contributed by atoms with E-state index in [1.54, 1.807) is 11.9 Å². The van der Waals surface area contributed by atoms with Crippen LogP contribution in [0.2, 0.25) is 0 Å². The van der Waals surface area contributed by atoms with Crippen molar-refractivity contribution in [3.63, 3.8) is 0 Å². The van der Waals surface area contributed by atoms with E-state index >= 15 is 0 Å². The summed E-state index contributed by atoms with van der Waals surface area (Å²) in [4.78, 5) is 12.4. The Labute approximate surface area is 147 Å². The fourth-order valence-electron chi connectivity index (χ4n) is 3.53. The summed E-state index contributed by atoms with van der Waals surface area (Å²) in [7, 11) is 0. The summed E-state index contributed by atoms with van der Waals surface area (Å²) >= 11 is 0. The molecule has 0 radical (unpaired) electrons. The number of ether oxygens (including phenoxy) is 1. The van der Waals surface area contributed by atoms with Crippen molar-refractivity contribution in [2.75, 3.05) is 18.5 Å². The minimum atomic E-state index is 0.658. The van der Waals surface area contributed by atoms with Gasteiger partial charge in [-0.3, -0.25) is 0 Å². The fraction of sp³-hybridized carbons (Fsp3) is 0.400. The Morgan fingerprint density at radius 3 is 3.04 bits per heavy atom. The van der Waals surface area contributed by atoms with Crippen molar-refractivity contribution in [3.8, 4) is 5.75 Å². The van der Waals surface area contributed by atoms with E-state index in [-0.39, 0.29) is 0 Å². The van der Waals surface area contributed by atoms with E-state index in [1.807, 2.05) is 25.1 Å². The topological polar surface area (TPSA) is 62.8 Å². The number of nitrogens with one attached hydrogen (secondary N) is 2. The van der Waals surface area contributed by atoms with Crippen molar-refractivity contribution >= 4 is 27.8 Å². The number of rotatable bonds is 6. The predicted octanol–water partition coefficient (Wildman–Crippen LogP) is 4.81. The van der Waals surface area contributed by atoms with E-state index in [0.29, 0.717) is 6.61 Å². The van der Waals surface area contributed by atoms with Crippen molar-refractivity contribution < 1.29 is 4.74 Å². The third-order valence-corrected chi connectivity index (χ3v) is 4.79. The first-order valence-electron chi connectivity index (χ1n) is 9.16. The van der Waals surface area contributed by atoms with E-state index in [4.69, 9.17) is 4.74 Å². The van der Waals surface area contributed by atoms with Crippen molar-refractivity contribution in [2.24, 2.45) is 0 Å². The van der Waals surface area contributed by atoms with E-state index in [0.717, 1.165) is 46.5 Å². The maximum atomic E-state index is 5.62. The van der Waals surface area contributed by atoms with Crippen molar-refractivity contribution in [1.82, 2.24) is 15.0 Å². The van der Waals surface area contributed by atoms with E-state index in [2.05, 4.69) is 26.3 Å². The highest BCUT2D eigenvalue weighted by Gasteiger charge is 2.11. The molecule has 5 nitrogen and oxygen atoms in total. The first-order chi connectivity index (χ1) is 12.3. The van der Waals surface area contributed by atoms with Crippen LogP contribution in [-0.2, 0) is 0 Å². The quantitative estimate of drug-likeness (QED) is 0.634. The van der Waals surface area contributed by atoms with Gasteiger partial charge in [0.1, 0.15) is 23.1 Å². The van der Waals surface area contributed by atoms with Crippen LogP contribution < -0.4 is 10.1 Å². The molecule has 5 heteroatoms. The Hall–Kier alpha value is -2.56. The van der Waals surface area contributed by atoms with Gasteiger partial charge in [-0.05, 0) is 57.2 Å². The zero-order valence-electron chi connectivity index (χ0n) is 14.6. The Morgan fingerprint density at radius 2 is 2.20 bits per heavy atom. The van der Waals surface area contributed by atoms with Gasteiger partial charge in [-0.25, -0.2) is 9.97 Å². The predicted molar refractivity (Wildman–Crippen MR) is 102 cm³/mol. The molecule has 2 N–H and O–H groups in total. The van der Waals surface area contributed by atoms with Crippen LogP contribution in [0.5, 0.6) is 5.75 Å². The van der Waals surface area contributed by atoms with Gasteiger partial charge in [0, 0.05) is 17.4 Å². The van der Waals surface area contributed by atoms with E-state index < -0.39 is 0 Å². The summed E-state index contributed by atoms with van der Waals surface area (Å²) < 4.78 is 5.62. The molecule has 0 saturated carbocycles. The number of fused-ring (bicyclic) bond motifs is 3. The maximum Gasteiger partial charge on any atom is 0.153 e. The standard InChI is InChI=1S/C20H24N4O/c1-2-25-15-8-9-17-16(12-15)18-19(24-17)20(23-13-22-18)21-11-10-14-6-4-3-5-7-14/h6,8-9,12-13,24H,2-5,7,10-11H2,1H3,(H,21,22,23). The Bertz CT molecular complexity index is 913. The van der Waals surface area contributed by atoms with Gasteiger partial charge in [0.15, 0.2) is 5.82 Å². The number of hydrogen-bond donors (Lipinski definition) is 2. The fourth-order valence-corrected chi connectivity index (χ4v) is 3.53. The van der Waals surface area contributed by atoms with Crippen LogP contribution in [-0.4, -0.2) is 28.1 Å². The minimum Gasteiger partial charge on any atom is -0.494 e. The molecular weight excluding hydrogens is 312 g/mol. The van der Waals surface area contributed by atoms with Gasteiger partial charge in [-0.1, -0.05) is 11.6 Å². The SMILES string of the molecule is CCOc1ccc2[nH]c3c(NCCC4=CCCCC4)ncnc3c2c1. The van der Waals surface area contributed by atoms with Gasteiger partial charge in [0.2, 0.25) is 0 Å². The van der Waals surface area contributed by atoms with Crippen LogP contribution in [0.25, 0.3) is 21.9 Å². The molecule has 1 aliphatic rings. The number of H-pyrrole nitrogens is 1. The zero-order chi connectivity index (χ0) is 17.1. The number of benzene rings is 1. The molecule has 0 saturated heterocycles. The van der Waals surface area contributed by atoms with E-state index in [1.165, 1.54) is 25.7 Å². The van der Waals surface area contributed by atoms with Crippen molar-refractivity contribution in [2.45, 2.75) is 39.0 Å². The molecule has 0 unspecified atom stereocenters. The molecule has 0 atom stereocenters. The smallest absolute Gasteiger partial charge is 0.153 e. The molecule has 0 aliphatic heterocycles. The molecule has 0 amide bonds. The second-order valence-corrected chi connectivity index (χ2v) is 6.50. The molecular formula is C20H24N4O. The van der Waals surface area contributed by atoms with Crippen LogP contribution >= 0.6 is 0 Å². The molecule has 2 heterocycles. The number of hydrogen-bond acceptors (Lipinski definition) is 4. The summed E-state index contributed by atoms with van der Waals surface area (Å²) in [6, 6.07) is 6.07. The zero-order valence-corrected chi connectivity index (χ0v) is 14.6. The summed E-state index contributed by atoms with van der Waals surface area (Å²) in [6.45, 7) is 3.55. The van der Waals surface area contributed by atoms with Gasteiger partial charge >= 0.3 is 0 Å². The normalized spacial score (nSPS) is 14.7. The number of aromatic nitrogens is 3. The lowest BCUT2D eigenvalue weighted by molar-refractivity contribution is 0.341. The average molecular weight is 336 g/mol. The molecule has 2 aromatic heterocycles. The molecule has 4 rings (SSSR count). The summed E-state index contributed by atoms with van der Waals surface area (Å²) in [6.07, 6.45) is 10.3. The van der Waals surface area contributed by atoms with Crippen molar-refractivity contribution in [3.05, 3.63) is 36.2 Å². The molecule has 0 fully saturated rings. The van der Waals surface area contributed by atoms with Crippen LogP contribution in [0, 0.1) is 0 Å². The van der Waals surface area contributed by atoms with Crippen molar-refractivity contribution in [1.29, 1.82) is 0 Å². The lowest BCUT2D eigenvalue weighted by atomic mass is 9.97. The molecule has 130 valence electrons. The number of aromatic amines is 1.